The lowest BCUT2D eigenvalue weighted by atomic mass is 9.93. The van der Waals surface area contributed by atoms with Crippen LogP contribution >= 0.6 is 0 Å². The molecule has 1 saturated heterocycles. The number of likely N-dealkylation sites (tertiary alicyclic amines) is 1. The van der Waals surface area contributed by atoms with Crippen LogP contribution in [0.25, 0.3) is 0 Å². The molecule has 1 aromatic rings. The van der Waals surface area contributed by atoms with Crippen molar-refractivity contribution in [1.82, 2.24) is 9.88 Å². The highest BCUT2D eigenvalue weighted by Gasteiger charge is 2.31. The smallest absolute Gasteiger partial charge is 0.228 e. The molecule has 0 N–H and O–H groups in total. The average molecular weight is 287 g/mol. The van der Waals surface area contributed by atoms with Gasteiger partial charge in [0.15, 0.2) is 0 Å². The third-order valence-corrected chi connectivity index (χ3v) is 3.46. The first-order valence-corrected chi connectivity index (χ1v) is 7.22. The van der Waals surface area contributed by atoms with Gasteiger partial charge >= 0.3 is 0 Å². The number of ether oxygens (including phenoxy) is 1. The first-order valence-electron chi connectivity index (χ1n) is 7.22. The molecule has 5 heteroatoms. The van der Waals surface area contributed by atoms with E-state index >= 15 is 0 Å². The zero-order valence-corrected chi connectivity index (χ0v) is 12.8. The number of carbonyl (C=O) groups excluding carboxylic acids is 1. The highest BCUT2D eigenvalue weighted by Crippen LogP contribution is 2.23. The molecule has 0 spiro atoms. The number of aromatic nitrogens is 1. The van der Waals surface area contributed by atoms with Gasteiger partial charge in [0.05, 0.1) is 18.2 Å². The Morgan fingerprint density at radius 1 is 1.52 bits per heavy atom. The minimum absolute atomic E-state index is 0.0634. The SMILES string of the molecule is CC(C)(C)C(=O)N1CCC[C@@H](Oc2cc(C#N)ccn2)C1. The molecular formula is C16H21N3O2. The lowest BCUT2D eigenvalue weighted by molar-refractivity contribution is -0.142. The van der Waals surface area contributed by atoms with Crippen LogP contribution in [0.4, 0.5) is 0 Å². The van der Waals surface area contributed by atoms with Gasteiger partial charge in [0.25, 0.3) is 0 Å². The van der Waals surface area contributed by atoms with Gasteiger partial charge in [0.2, 0.25) is 11.8 Å². The molecule has 0 aromatic carbocycles. The zero-order chi connectivity index (χ0) is 15.5. The highest BCUT2D eigenvalue weighted by atomic mass is 16.5. The van der Waals surface area contributed by atoms with Crippen molar-refractivity contribution < 1.29 is 9.53 Å². The Morgan fingerprint density at radius 2 is 2.29 bits per heavy atom. The van der Waals surface area contributed by atoms with E-state index in [4.69, 9.17) is 10.00 Å². The fourth-order valence-corrected chi connectivity index (χ4v) is 2.41. The van der Waals surface area contributed by atoms with Gasteiger partial charge in [-0.15, -0.1) is 0 Å². The van der Waals surface area contributed by atoms with Crippen molar-refractivity contribution in [3.63, 3.8) is 0 Å². The van der Waals surface area contributed by atoms with Gasteiger partial charge in [-0.3, -0.25) is 4.79 Å². The Bertz CT molecular complexity index is 557. The molecule has 1 amide bonds. The van der Waals surface area contributed by atoms with Crippen molar-refractivity contribution in [3.05, 3.63) is 23.9 Å². The molecule has 1 aliphatic rings. The number of pyridine rings is 1. The molecule has 1 aromatic heterocycles. The molecule has 0 saturated carbocycles. The van der Waals surface area contributed by atoms with Gasteiger partial charge in [-0.1, -0.05) is 20.8 Å². The topological polar surface area (TPSA) is 66.2 Å². The summed E-state index contributed by atoms with van der Waals surface area (Å²) in [6.45, 7) is 7.14. The average Bonchev–Trinajstić information content (AvgIpc) is 2.46. The fraction of sp³-hybridized carbons (Fsp3) is 0.562. The summed E-state index contributed by atoms with van der Waals surface area (Å²) >= 11 is 0. The van der Waals surface area contributed by atoms with Crippen molar-refractivity contribution in [2.75, 3.05) is 13.1 Å². The number of hydrogen-bond acceptors (Lipinski definition) is 4. The largest absolute Gasteiger partial charge is 0.472 e. The number of piperidine rings is 1. The van der Waals surface area contributed by atoms with Crippen LogP contribution in [0.2, 0.25) is 0 Å². The maximum absolute atomic E-state index is 12.3. The summed E-state index contributed by atoms with van der Waals surface area (Å²) < 4.78 is 5.83. The molecular weight excluding hydrogens is 266 g/mol. The minimum atomic E-state index is -0.374. The molecule has 0 bridgehead atoms. The van der Waals surface area contributed by atoms with Gasteiger partial charge in [0.1, 0.15) is 6.10 Å². The predicted molar refractivity (Wildman–Crippen MR) is 78.6 cm³/mol. The van der Waals surface area contributed by atoms with Crippen LogP contribution in [0.15, 0.2) is 18.3 Å². The van der Waals surface area contributed by atoms with Gasteiger partial charge in [-0.05, 0) is 18.9 Å². The molecule has 1 fully saturated rings. The van der Waals surface area contributed by atoms with E-state index in [2.05, 4.69) is 11.1 Å². The first-order chi connectivity index (χ1) is 9.90. The number of rotatable bonds is 2. The third kappa shape index (κ3) is 3.94. The second-order valence-corrected chi connectivity index (χ2v) is 6.38. The van der Waals surface area contributed by atoms with Crippen molar-refractivity contribution >= 4 is 5.91 Å². The van der Waals surface area contributed by atoms with Crippen LogP contribution in [0.3, 0.4) is 0 Å². The van der Waals surface area contributed by atoms with Gasteiger partial charge in [0, 0.05) is 24.2 Å². The van der Waals surface area contributed by atoms with E-state index in [0.29, 0.717) is 18.0 Å². The molecule has 21 heavy (non-hydrogen) atoms. The van der Waals surface area contributed by atoms with Crippen LogP contribution in [0, 0.1) is 16.7 Å². The van der Waals surface area contributed by atoms with E-state index in [1.54, 1.807) is 18.3 Å². The molecule has 2 rings (SSSR count). The number of nitriles is 1. The van der Waals surface area contributed by atoms with E-state index in [1.165, 1.54) is 0 Å². The van der Waals surface area contributed by atoms with E-state index in [-0.39, 0.29) is 17.4 Å². The van der Waals surface area contributed by atoms with Crippen molar-refractivity contribution in [2.45, 2.75) is 39.7 Å². The fourth-order valence-electron chi connectivity index (χ4n) is 2.41. The Morgan fingerprint density at radius 3 is 2.95 bits per heavy atom. The van der Waals surface area contributed by atoms with E-state index in [0.717, 1.165) is 19.4 Å². The van der Waals surface area contributed by atoms with Crippen molar-refractivity contribution in [3.8, 4) is 11.9 Å². The molecule has 112 valence electrons. The van der Waals surface area contributed by atoms with Gasteiger partial charge in [-0.25, -0.2) is 4.98 Å². The Hall–Kier alpha value is -2.09. The molecule has 0 radical (unpaired) electrons. The van der Waals surface area contributed by atoms with Crippen LogP contribution < -0.4 is 4.74 Å². The molecule has 1 aliphatic heterocycles. The molecule has 0 aliphatic carbocycles. The normalized spacial score (nSPS) is 19.0. The number of nitrogens with zero attached hydrogens (tertiary/aromatic N) is 3. The quantitative estimate of drug-likeness (QED) is 0.837. The van der Waals surface area contributed by atoms with Crippen LogP contribution in [0.1, 0.15) is 39.2 Å². The lowest BCUT2D eigenvalue weighted by Gasteiger charge is -2.36. The highest BCUT2D eigenvalue weighted by molar-refractivity contribution is 5.81. The summed E-state index contributed by atoms with van der Waals surface area (Å²) in [7, 11) is 0. The Balaban J connectivity index is 2.01. The van der Waals surface area contributed by atoms with E-state index in [9.17, 15) is 4.79 Å². The third-order valence-electron chi connectivity index (χ3n) is 3.46. The minimum Gasteiger partial charge on any atom is -0.472 e. The molecule has 2 heterocycles. The standard InChI is InChI=1S/C16H21N3O2/c1-16(2,3)15(20)19-8-4-5-13(11-19)21-14-9-12(10-17)6-7-18-14/h6-7,9,13H,4-5,8,11H2,1-3H3/t13-/m1/s1. The summed E-state index contributed by atoms with van der Waals surface area (Å²) in [6, 6.07) is 5.34. The first kappa shape index (κ1) is 15.3. The van der Waals surface area contributed by atoms with E-state index in [1.807, 2.05) is 25.7 Å². The number of amides is 1. The zero-order valence-electron chi connectivity index (χ0n) is 12.8. The predicted octanol–water partition coefficient (Wildman–Crippen LogP) is 2.37. The summed E-state index contributed by atoms with van der Waals surface area (Å²) in [4.78, 5) is 18.3. The molecule has 0 unspecified atom stereocenters. The monoisotopic (exact) mass is 287 g/mol. The van der Waals surface area contributed by atoms with Crippen molar-refractivity contribution in [1.29, 1.82) is 5.26 Å². The van der Waals surface area contributed by atoms with Crippen LogP contribution in [-0.2, 0) is 4.79 Å². The Kier molecular flexibility index (Phi) is 4.46. The summed E-state index contributed by atoms with van der Waals surface area (Å²) in [6.07, 6.45) is 3.32. The van der Waals surface area contributed by atoms with Crippen LogP contribution in [-0.4, -0.2) is 35.0 Å². The summed E-state index contributed by atoms with van der Waals surface area (Å²) in [5, 5.41) is 8.89. The summed E-state index contributed by atoms with van der Waals surface area (Å²) in [5.74, 6) is 0.596. The maximum atomic E-state index is 12.3. The second-order valence-electron chi connectivity index (χ2n) is 6.38. The molecule has 1 atom stereocenters. The Labute approximate surface area is 125 Å². The number of hydrogen-bond donors (Lipinski definition) is 0. The second kappa shape index (κ2) is 6.13. The van der Waals surface area contributed by atoms with Gasteiger partial charge < -0.3 is 9.64 Å². The van der Waals surface area contributed by atoms with Gasteiger partial charge in [-0.2, -0.15) is 5.26 Å². The lowest BCUT2D eigenvalue weighted by Crippen LogP contribution is -2.48. The van der Waals surface area contributed by atoms with Crippen molar-refractivity contribution in [2.24, 2.45) is 5.41 Å². The maximum Gasteiger partial charge on any atom is 0.228 e. The number of carbonyl (C=O) groups is 1. The van der Waals surface area contributed by atoms with E-state index < -0.39 is 0 Å². The molecule has 5 nitrogen and oxygen atoms in total. The summed E-state index contributed by atoms with van der Waals surface area (Å²) in [5.41, 5.74) is 0.152. The van der Waals surface area contributed by atoms with Crippen LogP contribution in [0.5, 0.6) is 5.88 Å².